The first-order valence-corrected chi connectivity index (χ1v) is 8.14. The van der Waals surface area contributed by atoms with Gasteiger partial charge in [0.2, 0.25) is 10.0 Å². The van der Waals surface area contributed by atoms with E-state index in [0.29, 0.717) is 18.8 Å². The molecule has 4 nitrogen and oxygen atoms in total. The van der Waals surface area contributed by atoms with Gasteiger partial charge in [0.05, 0.1) is 10.0 Å². The molecule has 0 saturated heterocycles. The molecule has 0 saturated carbocycles. The van der Waals surface area contributed by atoms with Gasteiger partial charge in [0, 0.05) is 18.8 Å². The van der Waals surface area contributed by atoms with Gasteiger partial charge in [0.25, 0.3) is 0 Å². The standard InChI is InChI=1S/C12H18Cl2N2O2S/c1-4-16(7-8(2)3)19(17,18)12-10(13)5-9(15)6-11(12)14/h5-6,8H,4,7,15H2,1-3H3. The fourth-order valence-electron chi connectivity index (χ4n) is 1.76. The molecule has 1 aromatic carbocycles. The number of hydrogen-bond acceptors (Lipinski definition) is 3. The molecule has 0 aromatic heterocycles. The lowest BCUT2D eigenvalue weighted by molar-refractivity contribution is 0.381. The highest BCUT2D eigenvalue weighted by molar-refractivity contribution is 7.89. The second kappa shape index (κ2) is 6.31. The summed E-state index contributed by atoms with van der Waals surface area (Å²) in [5.41, 5.74) is 5.92. The summed E-state index contributed by atoms with van der Waals surface area (Å²) in [5, 5.41) is 0.0967. The first-order valence-electron chi connectivity index (χ1n) is 5.94. The van der Waals surface area contributed by atoms with Crippen molar-refractivity contribution in [2.24, 2.45) is 5.92 Å². The van der Waals surface area contributed by atoms with E-state index in [9.17, 15) is 8.42 Å². The average molecular weight is 325 g/mol. The summed E-state index contributed by atoms with van der Waals surface area (Å²) in [6, 6.07) is 2.78. The van der Waals surface area contributed by atoms with Crippen LogP contribution in [0.5, 0.6) is 0 Å². The second-order valence-corrected chi connectivity index (χ2v) is 7.35. The SMILES string of the molecule is CCN(CC(C)C)S(=O)(=O)c1c(Cl)cc(N)cc1Cl. The van der Waals surface area contributed by atoms with Crippen LogP contribution in [-0.2, 0) is 10.0 Å². The van der Waals surface area contributed by atoms with E-state index < -0.39 is 10.0 Å². The Morgan fingerprint density at radius 1 is 1.26 bits per heavy atom. The van der Waals surface area contributed by atoms with Crippen LogP contribution in [0.2, 0.25) is 10.0 Å². The summed E-state index contributed by atoms with van der Waals surface area (Å²) in [5.74, 6) is 0.209. The number of anilines is 1. The number of sulfonamides is 1. The molecule has 19 heavy (non-hydrogen) atoms. The zero-order chi connectivity index (χ0) is 14.8. The Hall–Kier alpha value is -0.490. The molecule has 2 N–H and O–H groups in total. The molecule has 0 bridgehead atoms. The number of rotatable bonds is 5. The summed E-state index contributed by atoms with van der Waals surface area (Å²) in [4.78, 5) is -0.0764. The molecule has 0 fully saturated rings. The van der Waals surface area contributed by atoms with E-state index in [2.05, 4.69) is 0 Å². The van der Waals surface area contributed by atoms with Crippen LogP contribution in [0.1, 0.15) is 20.8 Å². The Bertz CT molecular complexity index is 536. The third kappa shape index (κ3) is 3.75. The molecule has 0 radical (unpaired) electrons. The minimum absolute atomic E-state index is 0.0483. The number of nitrogen functional groups attached to an aromatic ring is 1. The van der Waals surface area contributed by atoms with Crippen LogP contribution >= 0.6 is 23.2 Å². The largest absolute Gasteiger partial charge is 0.399 e. The molecular weight excluding hydrogens is 307 g/mol. The Labute approximate surface area is 124 Å². The maximum atomic E-state index is 12.6. The molecule has 0 aliphatic rings. The molecule has 1 rings (SSSR count). The Kier molecular flexibility index (Phi) is 5.50. The van der Waals surface area contributed by atoms with Gasteiger partial charge in [-0.2, -0.15) is 4.31 Å². The lowest BCUT2D eigenvalue weighted by atomic mass is 10.2. The van der Waals surface area contributed by atoms with Crippen LogP contribution < -0.4 is 5.73 Å². The monoisotopic (exact) mass is 324 g/mol. The Balaban J connectivity index is 3.34. The molecule has 7 heteroatoms. The molecule has 0 aliphatic carbocycles. The van der Waals surface area contributed by atoms with Crippen molar-refractivity contribution in [2.45, 2.75) is 25.7 Å². The van der Waals surface area contributed by atoms with Crippen LogP contribution in [0, 0.1) is 5.92 Å². The zero-order valence-corrected chi connectivity index (χ0v) is 13.5. The zero-order valence-electron chi connectivity index (χ0n) is 11.2. The molecule has 0 unspecified atom stereocenters. The van der Waals surface area contributed by atoms with Crippen LogP contribution in [0.15, 0.2) is 17.0 Å². The highest BCUT2D eigenvalue weighted by Gasteiger charge is 2.28. The Morgan fingerprint density at radius 2 is 1.74 bits per heavy atom. The van der Waals surface area contributed by atoms with Crippen LogP contribution in [0.3, 0.4) is 0 Å². The van der Waals surface area contributed by atoms with E-state index in [1.807, 2.05) is 13.8 Å². The van der Waals surface area contributed by atoms with E-state index in [0.717, 1.165) is 0 Å². The summed E-state index contributed by atoms with van der Waals surface area (Å²) in [6.45, 7) is 6.45. The fraction of sp³-hybridized carbons (Fsp3) is 0.500. The third-order valence-electron chi connectivity index (χ3n) is 2.54. The lowest BCUT2D eigenvalue weighted by Crippen LogP contribution is -2.34. The Morgan fingerprint density at radius 3 is 2.11 bits per heavy atom. The summed E-state index contributed by atoms with van der Waals surface area (Å²) in [6.07, 6.45) is 0. The van der Waals surface area contributed by atoms with Crippen molar-refractivity contribution in [3.8, 4) is 0 Å². The van der Waals surface area contributed by atoms with E-state index >= 15 is 0 Å². The quantitative estimate of drug-likeness (QED) is 0.845. The molecule has 1 aromatic rings. The van der Waals surface area contributed by atoms with Gasteiger partial charge in [-0.3, -0.25) is 0 Å². The van der Waals surface area contributed by atoms with Crippen molar-refractivity contribution in [3.05, 3.63) is 22.2 Å². The van der Waals surface area contributed by atoms with E-state index in [-0.39, 0.29) is 20.9 Å². The van der Waals surface area contributed by atoms with Crippen molar-refractivity contribution in [1.29, 1.82) is 0 Å². The van der Waals surface area contributed by atoms with Crippen molar-refractivity contribution < 1.29 is 8.42 Å². The number of hydrogen-bond donors (Lipinski definition) is 1. The van der Waals surface area contributed by atoms with Gasteiger partial charge in [-0.05, 0) is 18.1 Å². The third-order valence-corrected chi connectivity index (χ3v) is 5.40. The van der Waals surface area contributed by atoms with E-state index in [4.69, 9.17) is 28.9 Å². The number of benzene rings is 1. The number of nitrogens with two attached hydrogens (primary N) is 1. The highest BCUT2D eigenvalue weighted by Crippen LogP contribution is 2.34. The topological polar surface area (TPSA) is 63.4 Å². The first-order chi connectivity index (χ1) is 8.70. The van der Waals surface area contributed by atoms with Gasteiger partial charge in [0.1, 0.15) is 4.90 Å². The molecule has 0 heterocycles. The van der Waals surface area contributed by atoms with Crippen molar-refractivity contribution in [2.75, 3.05) is 18.8 Å². The van der Waals surface area contributed by atoms with Crippen LogP contribution in [0.25, 0.3) is 0 Å². The summed E-state index contributed by atoms with van der Waals surface area (Å²) < 4.78 is 26.5. The van der Waals surface area contributed by atoms with E-state index in [1.54, 1.807) is 6.92 Å². The minimum Gasteiger partial charge on any atom is -0.399 e. The van der Waals surface area contributed by atoms with Crippen molar-refractivity contribution in [3.63, 3.8) is 0 Å². The molecule has 0 aliphatic heterocycles. The predicted octanol–water partition coefficient (Wildman–Crippen LogP) is 3.24. The molecule has 0 spiro atoms. The number of nitrogens with zero attached hydrogens (tertiary/aromatic N) is 1. The fourth-order valence-corrected chi connectivity index (χ4v) is 4.55. The summed E-state index contributed by atoms with van der Waals surface area (Å²) >= 11 is 12.0. The number of halogens is 2. The predicted molar refractivity (Wildman–Crippen MR) is 80.1 cm³/mol. The van der Waals surface area contributed by atoms with Crippen LogP contribution in [0.4, 0.5) is 5.69 Å². The highest BCUT2D eigenvalue weighted by atomic mass is 35.5. The normalized spacial score (nSPS) is 12.4. The van der Waals surface area contributed by atoms with Crippen molar-refractivity contribution in [1.82, 2.24) is 4.31 Å². The maximum absolute atomic E-state index is 12.6. The molecule has 108 valence electrons. The molecular formula is C12H18Cl2N2O2S. The molecule has 0 amide bonds. The van der Waals surface area contributed by atoms with Gasteiger partial charge in [0.15, 0.2) is 0 Å². The smallest absolute Gasteiger partial charge is 0.246 e. The molecule has 0 atom stereocenters. The van der Waals surface area contributed by atoms with E-state index in [1.165, 1.54) is 16.4 Å². The van der Waals surface area contributed by atoms with Crippen molar-refractivity contribution >= 4 is 38.9 Å². The average Bonchev–Trinajstić information content (AvgIpc) is 2.23. The van der Waals surface area contributed by atoms with Gasteiger partial charge < -0.3 is 5.73 Å². The van der Waals surface area contributed by atoms with Gasteiger partial charge in [-0.1, -0.05) is 44.0 Å². The van der Waals surface area contributed by atoms with Gasteiger partial charge in [-0.25, -0.2) is 8.42 Å². The van der Waals surface area contributed by atoms with Gasteiger partial charge in [-0.15, -0.1) is 0 Å². The summed E-state index contributed by atoms with van der Waals surface area (Å²) in [7, 11) is -3.71. The second-order valence-electron chi connectivity index (χ2n) is 4.66. The lowest BCUT2D eigenvalue weighted by Gasteiger charge is -2.23. The first kappa shape index (κ1) is 16.6. The van der Waals surface area contributed by atoms with Crippen LogP contribution in [-0.4, -0.2) is 25.8 Å². The maximum Gasteiger partial charge on any atom is 0.246 e. The minimum atomic E-state index is -3.71. The van der Waals surface area contributed by atoms with Gasteiger partial charge >= 0.3 is 0 Å².